The zero-order valence-corrected chi connectivity index (χ0v) is 16.7. The Morgan fingerprint density at radius 2 is 2.10 bits per heavy atom. The van der Waals surface area contributed by atoms with Gasteiger partial charge in [0.15, 0.2) is 6.61 Å². The summed E-state index contributed by atoms with van der Waals surface area (Å²) in [7, 11) is 1.73. The molecule has 0 bridgehead atoms. The molecule has 1 atom stereocenters. The van der Waals surface area contributed by atoms with Crippen LogP contribution >= 0.6 is 0 Å². The summed E-state index contributed by atoms with van der Waals surface area (Å²) in [4.78, 5) is 36.1. The third-order valence-corrected chi connectivity index (χ3v) is 5.11. The van der Waals surface area contributed by atoms with Crippen LogP contribution in [0.4, 0.5) is 5.69 Å². The van der Waals surface area contributed by atoms with Crippen molar-refractivity contribution in [2.75, 3.05) is 11.9 Å². The molecule has 3 aromatic rings. The highest BCUT2D eigenvalue weighted by atomic mass is 16.5. The number of aryl methyl sites for hydroxylation is 1. The molecule has 2 N–H and O–H groups in total. The summed E-state index contributed by atoms with van der Waals surface area (Å²) in [5.41, 5.74) is 1.99. The van der Waals surface area contributed by atoms with E-state index in [1.54, 1.807) is 48.1 Å². The SMILES string of the molecule is Cn1nc(C2CCC(=O)NC2=O)c2cccc(OCC(=O)Nc3ccccc3C#N)c21. The van der Waals surface area contributed by atoms with Crippen molar-refractivity contribution in [2.24, 2.45) is 7.05 Å². The molecule has 1 unspecified atom stereocenters. The van der Waals surface area contributed by atoms with Gasteiger partial charge in [-0.25, -0.2) is 0 Å². The molecule has 2 heterocycles. The monoisotopic (exact) mass is 417 g/mol. The Hall–Kier alpha value is -4.19. The van der Waals surface area contributed by atoms with E-state index in [0.717, 1.165) is 5.39 Å². The smallest absolute Gasteiger partial charge is 0.262 e. The third-order valence-electron chi connectivity index (χ3n) is 5.11. The van der Waals surface area contributed by atoms with E-state index in [1.165, 1.54) is 0 Å². The van der Waals surface area contributed by atoms with Gasteiger partial charge in [0.1, 0.15) is 17.3 Å². The van der Waals surface area contributed by atoms with Gasteiger partial charge in [0.2, 0.25) is 11.8 Å². The number of nitrogens with zero attached hydrogens (tertiary/aromatic N) is 3. The molecule has 1 aliphatic heterocycles. The molecule has 3 amide bonds. The van der Waals surface area contributed by atoms with Crippen LogP contribution in [0.15, 0.2) is 42.5 Å². The Kier molecular flexibility index (Phi) is 5.37. The van der Waals surface area contributed by atoms with Crippen LogP contribution in [0.5, 0.6) is 5.75 Å². The summed E-state index contributed by atoms with van der Waals surface area (Å²) in [6.45, 7) is -0.266. The van der Waals surface area contributed by atoms with Crippen molar-refractivity contribution in [2.45, 2.75) is 18.8 Å². The first-order valence-corrected chi connectivity index (χ1v) is 9.69. The number of imide groups is 1. The lowest BCUT2D eigenvalue weighted by molar-refractivity contribution is -0.134. The maximum absolute atomic E-state index is 12.3. The molecule has 2 aromatic carbocycles. The van der Waals surface area contributed by atoms with E-state index in [-0.39, 0.29) is 24.8 Å². The number of piperidine rings is 1. The van der Waals surface area contributed by atoms with Gasteiger partial charge in [0.05, 0.1) is 22.9 Å². The molecule has 0 spiro atoms. The predicted octanol–water partition coefficient (Wildman–Crippen LogP) is 1.98. The molecule has 31 heavy (non-hydrogen) atoms. The molecule has 4 rings (SSSR count). The lowest BCUT2D eigenvalue weighted by Gasteiger charge is -2.19. The van der Waals surface area contributed by atoms with Gasteiger partial charge in [-0.1, -0.05) is 24.3 Å². The minimum Gasteiger partial charge on any atom is -0.481 e. The minimum atomic E-state index is -0.526. The zero-order chi connectivity index (χ0) is 22.0. The van der Waals surface area contributed by atoms with Crippen molar-refractivity contribution in [3.05, 3.63) is 53.7 Å². The normalized spacial score (nSPS) is 15.9. The molecule has 9 heteroatoms. The molecule has 0 saturated carbocycles. The first-order valence-electron chi connectivity index (χ1n) is 9.69. The minimum absolute atomic E-state index is 0.259. The van der Waals surface area contributed by atoms with Crippen molar-refractivity contribution in [3.8, 4) is 11.8 Å². The van der Waals surface area contributed by atoms with Crippen molar-refractivity contribution >= 4 is 34.3 Å². The van der Waals surface area contributed by atoms with Crippen LogP contribution in [0.1, 0.15) is 30.0 Å². The van der Waals surface area contributed by atoms with E-state index >= 15 is 0 Å². The van der Waals surface area contributed by atoms with Crippen LogP contribution in [0.2, 0.25) is 0 Å². The van der Waals surface area contributed by atoms with Gasteiger partial charge in [0.25, 0.3) is 5.91 Å². The van der Waals surface area contributed by atoms with Crippen LogP contribution in [0.3, 0.4) is 0 Å². The number of nitrogens with one attached hydrogen (secondary N) is 2. The predicted molar refractivity (Wildman–Crippen MR) is 111 cm³/mol. The van der Waals surface area contributed by atoms with E-state index in [4.69, 9.17) is 10.00 Å². The number of hydrogen-bond acceptors (Lipinski definition) is 6. The van der Waals surface area contributed by atoms with Gasteiger partial charge < -0.3 is 10.1 Å². The number of carbonyl (C=O) groups excluding carboxylic acids is 3. The average Bonchev–Trinajstić information content (AvgIpc) is 3.09. The summed E-state index contributed by atoms with van der Waals surface area (Å²) < 4.78 is 7.35. The summed E-state index contributed by atoms with van der Waals surface area (Å²) in [5.74, 6) is -1.14. The fourth-order valence-corrected chi connectivity index (χ4v) is 3.68. The highest BCUT2D eigenvalue weighted by Crippen LogP contribution is 2.34. The van der Waals surface area contributed by atoms with E-state index in [0.29, 0.717) is 34.6 Å². The second-order valence-corrected chi connectivity index (χ2v) is 7.16. The van der Waals surface area contributed by atoms with Crippen molar-refractivity contribution in [1.29, 1.82) is 5.26 Å². The Morgan fingerprint density at radius 1 is 1.29 bits per heavy atom. The lowest BCUT2D eigenvalue weighted by atomic mass is 9.93. The number of rotatable bonds is 5. The lowest BCUT2D eigenvalue weighted by Crippen LogP contribution is -2.39. The number of benzene rings is 2. The number of para-hydroxylation sites is 2. The number of carbonyl (C=O) groups is 3. The Labute approximate surface area is 177 Å². The molecular formula is C22H19N5O4. The number of anilines is 1. The van der Waals surface area contributed by atoms with Crippen LogP contribution in [0, 0.1) is 11.3 Å². The molecule has 9 nitrogen and oxygen atoms in total. The third kappa shape index (κ3) is 3.96. The van der Waals surface area contributed by atoms with Crippen molar-refractivity contribution in [3.63, 3.8) is 0 Å². The molecular weight excluding hydrogens is 398 g/mol. The van der Waals surface area contributed by atoms with E-state index in [1.807, 2.05) is 12.1 Å². The maximum Gasteiger partial charge on any atom is 0.262 e. The number of ether oxygens (including phenoxy) is 1. The molecule has 0 radical (unpaired) electrons. The number of hydrogen-bond donors (Lipinski definition) is 2. The largest absolute Gasteiger partial charge is 0.481 e. The van der Waals surface area contributed by atoms with E-state index < -0.39 is 11.8 Å². The van der Waals surface area contributed by atoms with Crippen molar-refractivity contribution in [1.82, 2.24) is 15.1 Å². The summed E-state index contributed by atoms with van der Waals surface area (Å²) in [6, 6.07) is 14.0. The number of aromatic nitrogens is 2. The molecule has 1 aromatic heterocycles. The van der Waals surface area contributed by atoms with Gasteiger partial charge in [-0.2, -0.15) is 10.4 Å². The summed E-state index contributed by atoms with van der Waals surface area (Å²) >= 11 is 0. The second kappa shape index (κ2) is 8.28. The van der Waals surface area contributed by atoms with Gasteiger partial charge >= 0.3 is 0 Å². The Morgan fingerprint density at radius 3 is 2.87 bits per heavy atom. The molecule has 156 valence electrons. The van der Waals surface area contributed by atoms with Gasteiger partial charge in [-0.05, 0) is 24.6 Å². The van der Waals surface area contributed by atoms with Gasteiger partial charge in [0, 0.05) is 18.9 Å². The first-order chi connectivity index (χ1) is 15.0. The topological polar surface area (TPSA) is 126 Å². The number of amides is 3. The second-order valence-electron chi connectivity index (χ2n) is 7.16. The molecule has 1 aliphatic rings. The van der Waals surface area contributed by atoms with Gasteiger partial charge in [-0.3, -0.25) is 24.4 Å². The summed E-state index contributed by atoms with van der Waals surface area (Å²) in [5, 5.41) is 19.4. The van der Waals surface area contributed by atoms with Crippen LogP contribution in [0.25, 0.3) is 10.9 Å². The van der Waals surface area contributed by atoms with Crippen LogP contribution in [-0.2, 0) is 21.4 Å². The fourth-order valence-electron chi connectivity index (χ4n) is 3.68. The fraction of sp³-hybridized carbons (Fsp3) is 0.227. The van der Waals surface area contributed by atoms with E-state index in [2.05, 4.69) is 15.7 Å². The highest BCUT2D eigenvalue weighted by molar-refractivity contribution is 6.03. The maximum atomic E-state index is 12.3. The first kappa shape index (κ1) is 20.1. The molecule has 0 aliphatic carbocycles. The number of fused-ring (bicyclic) bond motifs is 1. The van der Waals surface area contributed by atoms with Crippen molar-refractivity contribution < 1.29 is 19.1 Å². The molecule has 1 saturated heterocycles. The molecule has 1 fully saturated rings. The number of nitriles is 1. The quantitative estimate of drug-likeness (QED) is 0.612. The Balaban J connectivity index is 1.54. The van der Waals surface area contributed by atoms with Crippen LogP contribution < -0.4 is 15.4 Å². The zero-order valence-electron chi connectivity index (χ0n) is 16.7. The Bertz CT molecular complexity index is 1240. The summed E-state index contributed by atoms with van der Waals surface area (Å²) in [6.07, 6.45) is 0.650. The van der Waals surface area contributed by atoms with E-state index in [9.17, 15) is 14.4 Å². The average molecular weight is 417 g/mol. The highest BCUT2D eigenvalue weighted by Gasteiger charge is 2.32. The van der Waals surface area contributed by atoms with Gasteiger partial charge in [-0.15, -0.1) is 0 Å². The standard InChI is InChI=1S/C22H19N5O4/c1-27-21-14(20(26-27)15-9-10-18(28)25-22(15)30)6-4-8-17(21)31-12-19(29)24-16-7-3-2-5-13(16)11-23/h2-8,15H,9-10,12H2,1H3,(H,24,29)(H,25,28,30). The van der Waals surface area contributed by atoms with Crippen LogP contribution in [-0.4, -0.2) is 34.1 Å².